The van der Waals surface area contributed by atoms with E-state index in [-0.39, 0.29) is 5.91 Å². The monoisotopic (exact) mass is 360 g/mol. The van der Waals surface area contributed by atoms with E-state index < -0.39 is 0 Å². The number of hydrogen-bond acceptors (Lipinski definition) is 3. The van der Waals surface area contributed by atoms with Gasteiger partial charge in [0.15, 0.2) is 4.77 Å². The van der Waals surface area contributed by atoms with E-state index in [0.717, 1.165) is 23.6 Å². The Kier molecular flexibility index (Phi) is 4.34. The Morgan fingerprint density at radius 1 is 1.32 bits per heavy atom. The maximum atomic E-state index is 12.4. The van der Waals surface area contributed by atoms with Crippen molar-refractivity contribution >= 4 is 18.1 Å². The number of aromatic nitrogens is 3. The molecule has 2 N–H and O–H groups in total. The number of nitrogens with one attached hydrogen (secondary N) is 2. The van der Waals surface area contributed by atoms with Crippen LogP contribution < -0.4 is 5.32 Å². The highest BCUT2D eigenvalue weighted by Gasteiger charge is 2.51. The molecule has 25 heavy (non-hydrogen) atoms. The molecular weight excluding hydrogens is 332 g/mol. The highest BCUT2D eigenvalue weighted by molar-refractivity contribution is 7.71. The number of rotatable bonds is 5. The van der Waals surface area contributed by atoms with Gasteiger partial charge in [0.25, 0.3) is 0 Å². The normalized spacial score (nSPS) is 33.7. The third kappa shape index (κ3) is 3.21. The molecule has 0 aromatic carbocycles. The van der Waals surface area contributed by atoms with Gasteiger partial charge in [0, 0.05) is 26.1 Å². The molecular formula is C19H28N4OS. The zero-order valence-electron chi connectivity index (χ0n) is 15.2. The largest absolute Gasteiger partial charge is 0.352 e. The van der Waals surface area contributed by atoms with Crippen molar-refractivity contribution in [2.45, 2.75) is 51.9 Å². The number of amides is 1. The number of carbonyl (C=O) groups is 1. The molecule has 0 atom stereocenters. The van der Waals surface area contributed by atoms with Gasteiger partial charge >= 0.3 is 0 Å². The Morgan fingerprint density at radius 3 is 2.44 bits per heavy atom. The van der Waals surface area contributed by atoms with E-state index in [1.54, 1.807) is 0 Å². The molecule has 1 heterocycles. The molecule has 4 fully saturated rings. The summed E-state index contributed by atoms with van der Waals surface area (Å²) >= 11 is 5.11. The first-order chi connectivity index (χ1) is 11.9. The second kappa shape index (κ2) is 6.38. The molecule has 0 saturated heterocycles. The van der Waals surface area contributed by atoms with E-state index in [0.29, 0.717) is 23.2 Å². The van der Waals surface area contributed by atoms with Crippen molar-refractivity contribution in [1.82, 2.24) is 20.1 Å². The van der Waals surface area contributed by atoms with E-state index in [4.69, 9.17) is 12.2 Å². The molecule has 0 aliphatic heterocycles. The minimum Gasteiger partial charge on any atom is -0.352 e. The molecule has 136 valence electrons. The minimum absolute atomic E-state index is 0.0324. The van der Waals surface area contributed by atoms with Crippen LogP contribution in [0, 0.1) is 27.9 Å². The summed E-state index contributed by atoms with van der Waals surface area (Å²) in [7, 11) is 1.89. The van der Waals surface area contributed by atoms with Gasteiger partial charge in [-0.15, -0.1) is 0 Å². The predicted molar refractivity (Wildman–Crippen MR) is 99.5 cm³/mol. The van der Waals surface area contributed by atoms with Gasteiger partial charge in [-0.25, -0.2) is 0 Å². The van der Waals surface area contributed by atoms with Gasteiger partial charge in [0.2, 0.25) is 5.91 Å². The zero-order chi connectivity index (χ0) is 17.6. The maximum absolute atomic E-state index is 12.4. The average molecular weight is 361 g/mol. The Labute approximate surface area is 154 Å². The van der Waals surface area contributed by atoms with Crippen LogP contribution in [0.1, 0.15) is 51.3 Å². The van der Waals surface area contributed by atoms with Crippen molar-refractivity contribution in [3.63, 3.8) is 0 Å². The number of nitrogens with zero attached hydrogens (tertiary/aromatic N) is 2. The highest BCUT2D eigenvalue weighted by Crippen LogP contribution is 2.62. The lowest BCUT2D eigenvalue weighted by molar-refractivity contribution is -0.116. The summed E-state index contributed by atoms with van der Waals surface area (Å²) in [5, 5.41) is 9.97. The van der Waals surface area contributed by atoms with Crippen molar-refractivity contribution in [3.8, 4) is 0 Å². The van der Waals surface area contributed by atoms with Gasteiger partial charge in [-0.1, -0.05) is 5.57 Å². The summed E-state index contributed by atoms with van der Waals surface area (Å²) in [4.78, 5) is 12.4. The Bertz CT molecular complexity index is 724. The lowest BCUT2D eigenvalue weighted by Gasteiger charge is -2.57. The molecule has 0 radical (unpaired) electrons. The third-order valence-electron chi connectivity index (χ3n) is 6.84. The van der Waals surface area contributed by atoms with Crippen molar-refractivity contribution in [1.29, 1.82) is 0 Å². The summed E-state index contributed by atoms with van der Waals surface area (Å²) in [6.45, 7) is 2.76. The molecule has 4 bridgehead atoms. The van der Waals surface area contributed by atoms with E-state index in [1.165, 1.54) is 44.1 Å². The molecule has 6 heteroatoms. The van der Waals surface area contributed by atoms with Gasteiger partial charge in [-0.3, -0.25) is 9.89 Å². The molecule has 0 spiro atoms. The van der Waals surface area contributed by atoms with Crippen LogP contribution in [0.5, 0.6) is 0 Å². The van der Waals surface area contributed by atoms with Crippen molar-refractivity contribution in [2.24, 2.45) is 30.2 Å². The molecule has 4 aliphatic rings. The summed E-state index contributed by atoms with van der Waals surface area (Å²) < 4.78 is 2.46. The van der Waals surface area contributed by atoms with Crippen LogP contribution in [0.3, 0.4) is 0 Å². The van der Waals surface area contributed by atoms with Crippen LogP contribution >= 0.6 is 12.2 Å². The first-order valence-electron chi connectivity index (χ1n) is 9.52. The smallest absolute Gasteiger partial charge is 0.243 e. The number of allylic oxidation sites excluding steroid dienone is 1. The second-order valence-electron chi connectivity index (χ2n) is 8.57. The number of carbonyl (C=O) groups excluding carboxylic acids is 1. The first-order valence-corrected chi connectivity index (χ1v) is 9.93. The molecule has 1 aromatic rings. The van der Waals surface area contributed by atoms with Crippen LogP contribution in [-0.4, -0.2) is 27.2 Å². The average Bonchev–Trinajstić information content (AvgIpc) is 2.85. The van der Waals surface area contributed by atoms with Gasteiger partial charge in [-0.2, -0.15) is 5.10 Å². The number of hydrogen-bond donors (Lipinski definition) is 2. The summed E-state index contributed by atoms with van der Waals surface area (Å²) in [6, 6.07) is 0. The molecule has 4 saturated carbocycles. The molecule has 5 rings (SSSR count). The van der Waals surface area contributed by atoms with Crippen LogP contribution in [0.4, 0.5) is 0 Å². The van der Waals surface area contributed by atoms with Gasteiger partial charge < -0.3 is 9.88 Å². The lowest BCUT2D eigenvalue weighted by Crippen LogP contribution is -2.46. The molecule has 0 unspecified atom stereocenters. The molecule has 5 nitrogen and oxygen atoms in total. The highest BCUT2D eigenvalue weighted by atomic mass is 32.1. The van der Waals surface area contributed by atoms with Gasteiger partial charge in [0.05, 0.1) is 0 Å². The fraction of sp³-hybridized carbons (Fsp3) is 0.737. The van der Waals surface area contributed by atoms with Crippen LogP contribution in [0.2, 0.25) is 0 Å². The van der Waals surface area contributed by atoms with Gasteiger partial charge in [0.1, 0.15) is 5.82 Å². The fourth-order valence-electron chi connectivity index (χ4n) is 5.90. The van der Waals surface area contributed by atoms with E-state index in [1.807, 2.05) is 17.7 Å². The van der Waals surface area contributed by atoms with Crippen LogP contribution in [-0.2, 0) is 18.3 Å². The topological polar surface area (TPSA) is 62.7 Å². The summed E-state index contributed by atoms with van der Waals surface area (Å²) in [5.74, 6) is 3.62. The Hall–Kier alpha value is -1.43. The van der Waals surface area contributed by atoms with E-state index in [9.17, 15) is 4.79 Å². The molecule has 1 aromatic heterocycles. The minimum atomic E-state index is 0.0324. The second-order valence-corrected chi connectivity index (χ2v) is 8.96. The summed E-state index contributed by atoms with van der Waals surface area (Å²) in [6.07, 6.45) is 10.8. The molecule has 1 amide bonds. The maximum Gasteiger partial charge on any atom is 0.243 e. The van der Waals surface area contributed by atoms with Crippen LogP contribution in [0.15, 0.2) is 11.6 Å². The third-order valence-corrected chi connectivity index (χ3v) is 7.21. The Morgan fingerprint density at radius 2 is 1.92 bits per heavy atom. The predicted octanol–water partition coefficient (Wildman–Crippen LogP) is 3.30. The number of aromatic amines is 1. The van der Waals surface area contributed by atoms with Crippen molar-refractivity contribution in [2.75, 3.05) is 6.54 Å². The summed E-state index contributed by atoms with van der Waals surface area (Å²) in [5.41, 5.74) is 1.63. The van der Waals surface area contributed by atoms with Crippen LogP contribution in [0.25, 0.3) is 0 Å². The number of H-pyrrole nitrogens is 1. The molecule has 4 aliphatic carbocycles. The lowest BCUT2D eigenvalue weighted by atomic mass is 9.48. The van der Waals surface area contributed by atoms with E-state index in [2.05, 4.69) is 22.4 Å². The first kappa shape index (κ1) is 17.0. The Balaban J connectivity index is 1.36. The zero-order valence-corrected chi connectivity index (χ0v) is 16.0. The van der Waals surface area contributed by atoms with Crippen molar-refractivity contribution in [3.05, 3.63) is 22.2 Å². The quantitative estimate of drug-likeness (QED) is 0.625. The van der Waals surface area contributed by atoms with Gasteiger partial charge in [-0.05, 0) is 80.8 Å². The SMILES string of the molecule is CC(=CC(=O)NCCc1n[nH]c(=S)n1C)C12CC3CC(CC(C3)C1)C2. The standard InChI is InChI=1S/C19H28N4OS/c1-12(19-9-13-6-14(10-19)8-15(7-13)11-19)5-17(24)20-4-3-16-21-22-18(25)23(16)2/h5,13-15H,3-4,6-11H2,1-2H3,(H,20,24)(H,22,25). The van der Waals surface area contributed by atoms with E-state index >= 15 is 0 Å². The van der Waals surface area contributed by atoms with Crippen molar-refractivity contribution < 1.29 is 4.79 Å². The fourth-order valence-corrected chi connectivity index (χ4v) is 6.05.